The largest absolute Gasteiger partial charge is 0.469 e. The van der Waals surface area contributed by atoms with Gasteiger partial charge in [0, 0.05) is 5.56 Å². The van der Waals surface area contributed by atoms with Gasteiger partial charge in [-0.1, -0.05) is 11.3 Å². The van der Waals surface area contributed by atoms with Gasteiger partial charge < -0.3 is 4.42 Å². The molecule has 0 aliphatic rings. The number of hydrogen-bond donors (Lipinski definition) is 0. The highest BCUT2D eigenvalue weighted by Crippen LogP contribution is 2.31. The Labute approximate surface area is 136 Å². The van der Waals surface area contributed by atoms with E-state index < -0.39 is 0 Å². The number of halogens is 2. The van der Waals surface area contributed by atoms with Gasteiger partial charge in [-0.3, -0.25) is 0 Å². The highest BCUT2D eigenvalue weighted by molar-refractivity contribution is 9.10. The van der Waals surface area contributed by atoms with Gasteiger partial charge in [0.15, 0.2) is 5.82 Å². The van der Waals surface area contributed by atoms with Gasteiger partial charge in [0.25, 0.3) is 0 Å². The zero-order valence-corrected chi connectivity index (χ0v) is 13.7. The van der Waals surface area contributed by atoms with Crippen molar-refractivity contribution in [3.63, 3.8) is 0 Å². The first-order chi connectivity index (χ1) is 10.6. The fourth-order valence-electron chi connectivity index (χ4n) is 2.15. The molecule has 1 aromatic carbocycles. The average molecular weight is 379 g/mol. The lowest BCUT2D eigenvalue weighted by atomic mass is 10.2. The first kappa shape index (κ1) is 13.6. The predicted molar refractivity (Wildman–Crippen MR) is 84.2 cm³/mol. The summed E-state index contributed by atoms with van der Waals surface area (Å²) in [4.78, 5) is 0.672. The molecule has 0 fully saturated rings. The van der Waals surface area contributed by atoms with E-state index in [0.29, 0.717) is 15.3 Å². The maximum Gasteiger partial charge on any atom is 0.235 e. The Morgan fingerprint density at radius 3 is 2.86 bits per heavy atom. The first-order valence-electron chi connectivity index (χ1n) is 6.35. The van der Waals surface area contributed by atoms with Gasteiger partial charge in [0.05, 0.1) is 16.3 Å². The Morgan fingerprint density at radius 1 is 1.27 bits per heavy atom. The summed E-state index contributed by atoms with van der Waals surface area (Å²) in [5.41, 5.74) is 1.67. The molecule has 0 spiro atoms. The molecule has 4 aromatic rings. The standard InChI is InChI=1S/C14H8BrFN4OS/c1-7-9(4-5-21-7)12-17-18-14-20(12)19-13(22-14)8-2-3-11(16)10(15)6-8/h2-6H,1H3. The molecule has 3 heterocycles. The number of furan rings is 1. The maximum absolute atomic E-state index is 13.4. The Bertz CT molecular complexity index is 990. The van der Waals surface area contributed by atoms with Crippen molar-refractivity contribution in [1.82, 2.24) is 19.8 Å². The second-order valence-electron chi connectivity index (χ2n) is 4.64. The molecule has 22 heavy (non-hydrogen) atoms. The van der Waals surface area contributed by atoms with E-state index >= 15 is 0 Å². The Morgan fingerprint density at radius 2 is 2.14 bits per heavy atom. The van der Waals surface area contributed by atoms with Crippen molar-refractivity contribution in [3.05, 3.63) is 46.6 Å². The summed E-state index contributed by atoms with van der Waals surface area (Å²) in [7, 11) is 0. The minimum absolute atomic E-state index is 0.304. The van der Waals surface area contributed by atoms with Gasteiger partial charge in [-0.05, 0) is 47.1 Å². The van der Waals surface area contributed by atoms with Crippen LogP contribution in [0.3, 0.4) is 0 Å². The second kappa shape index (κ2) is 4.99. The van der Waals surface area contributed by atoms with E-state index in [1.54, 1.807) is 22.9 Å². The van der Waals surface area contributed by atoms with Crippen molar-refractivity contribution in [3.8, 4) is 22.0 Å². The molecule has 0 radical (unpaired) electrons. The molecule has 0 saturated heterocycles. The molecular weight excluding hydrogens is 371 g/mol. The van der Waals surface area contributed by atoms with Crippen LogP contribution >= 0.6 is 27.3 Å². The van der Waals surface area contributed by atoms with E-state index in [9.17, 15) is 4.39 Å². The van der Waals surface area contributed by atoms with Crippen LogP contribution in [0.1, 0.15) is 5.76 Å². The zero-order valence-electron chi connectivity index (χ0n) is 11.2. The SMILES string of the molecule is Cc1occc1-c1nnc2sc(-c3ccc(F)c(Br)c3)nn12. The fourth-order valence-corrected chi connectivity index (χ4v) is 3.36. The average Bonchev–Trinajstić information content (AvgIpc) is 3.17. The van der Waals surface area contributed by atoms with Crippen LogP contribution in [0.15, 0.2) is 39.4 Å². The lowest BCUT2D eigenvalue weighted by Gasteiger charge is -1.98. The Kier molecular flexibility index (Phi) is 3.08. The monoisotopic (exact) mass is 378 g/mol. The fraction of sp³-hybridized carbons (Fsp3) is 0.0714. The molecule has 0 atom stereocenters. The zero-order chi connectivity index (χ0) is 15.3. The number of nitrogens with zero attached hydrogens (tertiary/aromatic N) is 4. The molecule has 110 valence electrons. The van der Waals surface area contributed by atoms with E-state index in [4.69, 9.17) is 4.42 Å². The van der Waals surface area contributed by atoms with E-state index in [2.05, 4.69) is 31.2 Å². The van der Waals surface area contributed by atoms with Crippen molar-refractivity contribution < 1.29 is 8.81 Å². The molecular formula is C14H8BrFN4OS. The van der Waals surface area contributed by atoms with E-state index in [0.717, 1.165) is 21.9 Å². The topological polar surface area (TPSA) is 56.2 Å². The summed E-state index contributed by atoms with van der Waals surface area (Å²) in [6, 6.07) is 6.63. The van der Waals surface area contributed by atoms with Gasteiger partial charge in [0.1, 0.15) is 16.6 Å². The summed E-state index contributed by atoms with van der Waals surface area (Å²) in [6.45, 7) is 1.86. The quantitative estimate of drug-likeness (QED) is 0.521. The number of aryl methyl sites for hydroxylation is 1. The molecule has 0 N–H and O–H groups in total. The van der Waals surface area contributed by atoms with Crippen LogP contribution < -0.4 is 0 Å². The van der Waals surface area contributed by atoms with Gasteiger partial charge in [-0.2, -0.15) is 9.61 Å². The lowest BCUT2D eigenvalue weighted by Crippen LogP contribution is -1.91. The van der Waals surface area contributed by atoms with Crippen LogP contribution in [0.5, 0.6) is 0 Å². The van der Waals surface area contributed by atoms with E-state index in [1.807, 2.05) is 13.0 Å². The minimum atomic E-state index is -0.304. The van der Waals surface area contributed by atoms with Crippen LogP contribution in [-0.4, -0.2) is 19.8 Å². The summed E-state index contributed by atoms with van der Waals surface area (Å²) in [5, 5.41) is 13.6. The number of hydrogen-bond acceptors (Lipinski definition) is 5. The van der Waals surface area contributed by atoms with Crippen molar-refractivity contribution in [2.45, 2.75) is 6.92 Å². The summed E-state index contributed by atoms with van der Waals surface area (Å²) >= 11 is 4.58. The summed E-state index contributed by atoms with van der Waals surface area (Å²) < 4.78 is 20.7. The van der Waals surface area contributed by atoms with Crippen molar-refractivity contribution >= 4 is 32.2 Å². The van der Waals surface area contributed by atoms with Crippen molar-refractivity contribution in [2.75, 3.05) is 0 Å². The normalized spacial score (nSPS) is 11.4. The highest BCUT2D eigenvalue weighted by Gasteiger charge is 2.17. The number of rotatable bonds is 2. The molecule has 0 saturated carbocycles. The van der Waals surface area contributed by atoms with Crippen molar-refractivity contribution in [1.29, 1.82) is 0 Å². The molecule has 0 aliphatic heterocycles. The summed E-state index contributed by atoms with van der Waals surface area (Å²) in [5.74, 6) is 1.08. The second-order valence-corrected chi connectivity index (χ2v) is 6.45. The van der Waals surface area contributed by atoms with Crippen molar-refractivity contribution in [2.24, 2.45) is 0 Å². The Hall–Kier alpha value is -2.06. The van der Waals surface area contributed by atoms with Crippen LogP contribution in [0.25, 0.3) is 26.9 Å². The number of benzene rings is 1. The predicted octanol–water partition coefficient (Wildman–Crippen LogP) is 4.32. The number of fused-ring (bicyclic) bond motifs is 1. The maximum atomic E-state index is 13.4. The molecule has 3 aromatic heterocycles. The van der Waals surface area contributed by atoms with Gasteiger partial charge in [-0.15, -0.1) is 10.2 Å². The molecule has 0 bridgehead atoms. The molecule has 5 nitrogen and oxygen atoms in total. The van der Waals surface area contributed by atoms with Gasteiger partial charge in [-0.25, -0.2) is 4.39 Å². The third-order valence-corrected chi connectivity index (χ3v) is 4.81. The molecule has 0 unspecified atom stereocenters. The molecule has 0 amide bonds. The smallest absolute Gasteiger partial charge is 0.235 e. The third kappa shape index (κ3) is 2.06. The van der Waals surface area contributed by atoms with Crippen LogP contribution in [0.4, 0.5) is 4.39 Å². The molecule has 8 heteroatoms. The van der Waals surface area contributed by atoms with Gasteiger partial charge >= 0.3 is 0 Å². The summed E-state index contributed by atoms with van der Waals surface area (Å²) in [6.07, 6.45) is 1.61. The minimum Gasteiger partial charge on any atom is -0.469 e. The van der Waals surface area contributed by atoms with Gasteiger partial charge in [0.2, 0.25) is 4.96 Å². The molecule has 4 rings (SSSR count). The van der Waals surface area contributed by atoms with Crippen LogP contribution in [0, 0.1) is 12.7 Å². The first-order valence-corrected chi connectivity index (χ1v) is 7.96. The highest BCUT2D eigenvalue weighted by atomic mass is 79.9. The van der Waals surface area contributed by atoms with Crippen LogP contribution in [-0.2, 0) is 0 Å². The Balaban J connectivity index is 1.86. The number of aromatic nitrogens is 4. The lowest BCUT2D eigenvalue weighted by molar-refractivity contribution is 0.535. The van der Waals surface area contributed by atoms with Crippen LogP contribution in [0.2, 0.25) is 0 Å². The van der Waals surface area contributed by atoms with E-state index in [-0.39, 0.29) is 5.82 Å². The van der Waals surface area contributed by atoms with E-state index in [1.165, 1.54) is 17.4 Å². The molecule has 0 aliphatic carbocycles. The third-order valence-electron chi connectivity index (χ3n) is 3.26.